The van der Waals surface area contributed by atoms with Gasteiger partial charge in [0.25, 0.3) is 0 Å². The van der Waals surface area contributed by atoms with Crippen molar-refractivity contribution in [2.45, 2.75) is 34.1 Å². The Labute approximate surface area is 142 Å². The first-order chi connectivity index (χ1) is 11.6. The molecular weight excluding hydrogens is 294 g/mol. The van der Waals surface area contributed by atoms with E-state index in [1.165, 1.54) is 21.6 Å². The van der Waals surface area contributed by atoms with Crippen LogP contribution in [-0.4, -0.2) is 14.6 Å². The van der Waals surface area contributed by atoms with Crippen LogP contribution in [-0.2, 0) is 0 Å². The largest absolute Gasteiger partial charge is 0.236 e. The van der Waals surface area contributed by atoms with Crippen LogP contribution in [0.15, 0.2) is 54.5 Å². The predicted molar refractivity (Wildman–Crippen MR) is 100 cm³/mol. The third-order valence-electron chi connectivity index (χ3n) is 3.88. The molecule has 0 aliphatic carbocycles. The van der Waals surface area contributed by atoms with Gasteiger partial charge in [-0.25, -0.2) is 9.50 Å². The first-order valence-electron chi connectivity index (χ1n) is 8.35. The second-order valence-corrected chi connectivity index (χ2v) is 6.29. The lowest BCUT2D eigenvalue weighted by atomic mass is 10.0. The molecule has 0 unspecified atom stereocenters. The smallest absolute Gasteiger partial charge is 0.162 e. The van der Waals surface area contributed by atoms with Crippen LogP contribution < -0.4 is 10.4 Å². The quantitative estimate of drug-likeness (QED) is 0.741. The van der Waals surface area contributed by atoms with Gasteiger partial charge in [-0.05, 0) is 48.8 Å². The summed E-state index contributed by atoms with van der Waals surface area (Å²) in [4.78, 5) is 4.61. The number of hydrogen-bond donors (Lipinski definition) is 0. The molecule has 2 heterocycles. The average Bonchev–Trinajstić information content (AvgIpc) is 2.96. The van der Waals surface area contributed by atoms with E-state index in [1.54, 1.807) is 0 Å². The molecule has 3 heteroatoms. The number of rotatable bonds is 3. The van der Waals surface area contributed by atoms with Gasteiger partial charge < -0.3 is 0 Å². The summed E-state index contributed by atoms with van der Waals surface area (Å²) in [6.07, 6.45) is 11.3. The molecule has 0 saturated heterocycles. The maximum absolute atomic E-state index is 4.61. The average molecular weight is 317 g/mol. The number of aromatic nitrogens is 3. The third kappa shape index (κ3) is 3.16. The topological polar surface area (TPSA) is 30.2 Å². The van der Waals surface area contributed by atoms with E-state index in [4.69, 9.17) is 0 Å². The molecule has 0 radical (unpaired) electrons. The van der Waals surface area contributed by atoms with Crippen molar-refractivity contribution in [1.82, 2.24) is 14.6 Å². The molecule has 0 atom stereocenters. The molecular formula is C21H23N3. The molecule has 0 N–H and O–H groups in total. The Bertz CT molecular complexity index is 1020. The molecule has 3 aromatic rings. The van der Waals surface area contributed by atoms with Gasteiger partial charge in [0.15, 0.2) is 5.65 Å². The lowest BCUT2D eigenvalue weighted by molar-refractivity contribution is 0.928. The molecule has 0 fully saturated rings. The van der Waals surface area contributed by atoms with Crippen molar-refractivity contribution in [3.8, 4) is 0 Å². The van der Waals surface area contributed by atoms with Crippen LogP contribution in [0.4, 0.5) is 0 Å². The minimum atomic E-state index is 0.888. The van der Waals surface area contributed by atoms with Crippen molar-refractivity contribution in [3.05, 3.63) is 76.1 Å². The second kappa shape index (κ2) is 6.83. The van der Waals surface area contributed by atoms with Gasteiger partial charge in [-0.3, -0.25) is 0 Å². The first-order valence-corrected chi connectivity index (χ1v) is 8.35. The summed E-state index contributed by atoms with van der Waals surface area (Å²) in [5, 5.41) is 6.97. The van der Waals surface area contributed by atoms with Gasteiger partial charge in [0.05, 0.1) is 6.20 Å². The van der Waals surface area contributed by atoms with E-state index in [-0.39, 0.29) is 0 Å². The Morgan fingerprint density at radius 1 is 1.17 bits per heavy atom. The van der Waals surface area contributed by atoms with Crippen LogP contribution in [0.2, 0.25) is 0 Å². The molecule has 0 spiro atoms. The van der Waals surface area contributed by atoms with E-state index < -0.39 is 0 Å². The van der Waals surface area contributed by atoms with Crippen LogP contribution in [0.25, 0.3) is 17.3 Å². The normalized spacial score (nSPS) is 13.2. The van der Waals surface area contributed by atoms with E-state index in [9.17, 15) is 0 Å². The van der Waals surface area contributed by atoms with E-state index in [1.807, 2.05) is 30.0 Å². The molecule has 122 valence electrons. The second-order valence-electron chi connectivity index (χ2n) is 6.29. The van der Waals surface area contributed by atoms with E-state index in [0.717, 1.165) is 23.2 Å². The van der Waals surface area contributed by atoms with Crippen molar-refractivity contribution in [1.29, 1.82) is 0 Å². The summed E-state index contributed by atoms with van der Waals surface area (Å²) < 4.78 is 1.86. The van der Waals surface area contributed by atoms with E-state index in [0.29, 0.717) is 0 Å². The molecule has 3 nitrogen and oxygen atoms in total. The molecule has 0 aliphatic heterocycles. The van der Waals surface area contributed by atoms with Gasteiger partial charge in [-0.15, -0.1) is 0 Å². The first kappa shape index (κ1) is 16.2. The fraction of sp³-hybridized carbons (Fsp3) is 0.238. The zero-order valence-electron chi connectivity index (χ0n) is 14.7. The maximum Gasteiger partial charge on any atom is 0.162 e. The molecule has 0 aliphatic rings. The van der Waals surface area contributed by atoms with Crippen LogP contribution >= 0.6 is 0 Å². The highest BCUT2D eigenvalue weighted by Gasteiger charge is 2.10. The number of allylic oxidation sites excluding steroid dienone is 2. The highest BCUT2D eigenvalue weighted by Crippen LogP contribution is 2.19. The maximum atomic E-state index is 4.61. The molecule has 1 aromatic carbocycles. The van der Waals surface area contributed by atoms with Crippen molar-refractivity contribution in [2.24, 2.45) is 0 Å². The minimum absolute atomic E-state index is 0.888. The Kier molecular flexibility index (Phi) is 4.61. The number of aryl methyl sites for hydroxylation is 1. The van der Waals surface area contributed by atoms with Gasteiger partial charge in [0.1, 0.15) is 0 Å². The lowest BCUT2D eigenvalue weighted by Gasteiger charge is -2.04. The van der Waals surface area contributed by atoms with Crippen molar-refractivity contribution >= 4 is 17.3 Å². The Morgan fingerprint density at radius 3 is 2.71 bits per heavy atom. The van der Waals surface area contributed by atoms with Crippen molar-refractivity contribution < 1.29 is 0 Å². The summed E-state index contributed by atoms with van der Waals surface area (Å²) >= 11 is 0. The van der Waals surface area contributed by atoms with E-state index >= 15 is 0 Å². The number of benzene rings is 1. The van der Waals surface area contributed by atoms with Gasteiger partial charge in [-0.2, -0.15) is 5.10 Å². The van der Waals surface area contributed by atoms with Crippen LogP contribution in [0.5, 0.6) is 0 Å². The van der Waals surface area contributed by atoms with Gasteiger partial charge >= 0.3 is 0 Å². The van der Waals surface area contributed by atoms with Gasteiger partial charge in [-0.1, -0.05) is 48.9 Å². The highest BCUT2D eigenvalue weighted by atomic mass is 15.2. The molecule has 0 bridgehead atoms. The fourth-order valence-corrected chi connectivity index (χ4v) is 2.89. The Hall–Kier alpha value is -2.68. The number of fused-ring (bicyclic) bond motifs is 1. The molecule has 0 saturated carbocycles. The SMILES string of the molecule is CC/C=c1\cccc\c1=C(\C=C(C)C)c1cnn2cc(C)cnc12. The Balaban J connectivity index is 2.43. The molecule has 3 rings (SSSR count). The van der Waals surface area contributed by atoms with Gasteiger partial charge in [0, 0.05) is 18.0 Å². The highest BCUT2D eigenvalue weighted by molar-refractivity contribution is 5.81. The fourth-order valence-electron chi connectivity index (χ4n) is 2.89. The predicted octanol–water partition coefficient (Wildman–Crippen LogP) is 3.39. The summed E-state index contributed by atoms with van der Waals surface area (Å²) in [6, 6.07) is 8.52. The summed E-state index contributed by atoms with van der Waals surface area (Å²) in [6.45, 7) is 8.43. The van der Waals surface area contributed by atoms with Crippen LogP contribution in [0.3, 0.4) is 0 Å². The van der Waals surface area contributed by atoms with Crippen LogP contribution in [0, 0.1) is 6.92 Å². The number of nitrogens with zero attached hydrogens (tertiary/aromatic N) is 3. The molecule has 2 aromatic heterocycles. The van der Waals surface area contributed by atoms with Gasteiger partial charge in [0.2, 0.25) is 0 Å². The molecule has 0 amide bonds. The third-order valence-corrected chi connectivity index (χ3v) is 3.88. The monoisotopic (exact) mass is 317 g/mol. The molecule has 24 heavy (non-hydrogen) atoms. The zero-order valence-corrected chi connectivity index (χ0v) is 14.7. The van der Waals surface area contributed by atoms with Crippen molar-refractivity contribution in [2.75, 3.05) is 0 Å². The standard InChI is InChI=1S/C21H23N3/c1-5-8-17-9-6-7-10-18(17)19(11-15(2)3)20-13-23-24-14-16(4)12-22-21(20)24/h6-14H,5H2,1-4H3/b17-8+,19-18+. The Morgan fingerprint density at radius 2 is 1.96 bits per heavy atom. The summed E-state index contributed by atoms with van der Waals surface area (Å²) in [5.74, 6) is 0. The summed E-state index contributed by atoms with van der Waals surface area (Å²) in [5.41, 5.74) is 5.47. The van der Waals surface area contributed by atoms with E-state index in [2.05, 4.69) is 67.3 Å². The number of hydrogen-bond acceptors (Lipinski definition) is 2. The zero-order chi connectivity index (χ0) is 17.1. The summed E-state index contributed by atoms with van der Waals surface area (Å²) in [7, 11) is 0. The van der Waals surface area contributed by atoms with Crippen molar-refractivity contribution in [3.63, 3.8) is 0 Å². The minimum Gasteiger partial charge on any atom is -0.236 e. The lowest BCUT2D eigenvalue weighted by Crippen LogP contribution is -2.26. The van der Waals surface area contributed by atoms with Crippen LogP contribution in [0.1, 0.15) is 38.3 Å².